The van der Waals surface area contributed by atoms with E-state index < -0.39 is 23.8 Å². The number of ether oxygens (including phenoxy) is 2. The fraction of sp³-hybridized carbons (Fsp3) is 0.278. The zero-order chi connectivity index (χ0) is 19.7. The zero-order valence-electron chi connectivity index (χ0n) is 14.5. The van der Waals surface area contributed by atoms with Gasteiger partial charge in [-0.3, -0.25) is 9.69 Å². The van der Waals surface area contributed by atoms with Gasteiger partial charge in [-0.2, -0.15) is 0 Å². The maximum absolute atomic E-state index is 14.7. The third kappa shape index (κ3) is 3.40. The molecule has 8 nitrogen and oxygen atoms in total. The lowest BCUT2D eigenvalue weighted by Crippen LogP contribution is -2.29. The minimum atomic E-state index is -1.17. The highest BCUT2D eigenvalue weighted by Crippen LogP contribution is 2.32. The summed E-state index contributed by atoms with van der Waals surface area (Å²) in [5, 5.41) is 3.57. The van der Waals surface area contributed by atoms with Crippen LogP contribution in [-0.4, -0.2) is 42.8 Å². The maximum Gasteiger partial charge on any atom is 0.414 e. The van der Waals surface area contributed by atoms with Crippen LogP contribution in [0.5, 0.6) is 5.88 Å². The van der Waals surface area contributed by atoms with Crippen molar-refractivity contribution in [1.82, 2.24) is 5.16 Å². The van der Waals surface area contributed by atoms with Gasteiger partial charge in [-0.25, -0.2) is 13.6 Å². The first-order valence-electron chi connectivity index (χ1n) is 8.50. The Morgan fingerprint density at radius 3 is 2.68 bits per heavy atom. The second-order valence-corrected chi connectivity index (χ2v) is 6.22. The topological polar surface area (TPSA) is 85.1 Å². The Balaban J connectivity index is 1.49. The summed E-state index contributed by atoms with van der Waals surface area (Å²) in [6.07, 6.45) is 2.78. The van der Waals surface area contributed by atoms with Gasteiger partial charge in [0.1, 0.15) is 12.9 Å². The first kappa shape index (κ1) is 18.0. The lowest BCUT2D eigenvalue weighted by molar-refractivity contribution is -0.114. The summed E-state index contributed by atoms with van der Waals surface area (Å²) in [6, 6.07) is 4.16. The largest absolute Gasteiger partial charge is 0.471 e. The van der Waals surface area contributed by atoms with Gasteiger partial charge < -0.3 is 18.9 Å². The molecule has 2 aromatic rings. The number of hydrogen-bond acceptors (Lipinski definition) is 7. The van der Waals surface area contributed by atoms with Crippen molar-refractivity contribution in [1.29, 1.82) is 0 Å². The lowest BCUT2D eigenvalue weighted by Gasteiger charge is -2.24. The fourth-order valence-corrected chi connectivity index (χ4v) is 2.98. The Labute approximate surface area is 157 Å². The van der Waals surface area contributed by atoms with Gasteiger partial charge in [0.25, 0.3) is 5.88 Å². The minimum Gasteiger partial charge on any atom is -0.471 e. The normalized spacial score (nSPS) is 19.3. The van der Waals surface area contributed by atoms with E-state index in [-0.39, 0.29) is 49.2 Å². The van der Waals surface area contributed by atoms with Gasteiger partial charge in [0.15, 0.2) is 23.5 Å². The van der Waals surface area contributed by atoms with E-state index in [1.54, 1.807) is 0 Å². The van der Waals surface area contributed by atoms with Crippen molar-refractivity contribution in [3.05, 3.63) is 48.4 Å². The molecule has 0 bridgehead atoms. The Morgan fingerprint density at radius 1 is 1.18 bits per heavy atom. The summed E-state index contributed by atoms with van der Waals surface area (Å²) < 4.78 is 44.3. The number of carbonyl (C=O) groups excluding carboxylic acids is 2. The molecule has 1 aromatic heterocycles. The molecule has 1 amide bonds. The molecule has 4 rings (SSSR count). The number of nitrogens with zero attached hydrogens (tertiary/aromatic N) is 3. The van der Waals surface area contributed by atoms with Crippen LogP contribution in [0.1, 0.15) is 6.42 Å². The molecule has 2 aliphatic heterocycles. The van der Waals surface area contributed by atoms with E-state index in [9.17, 15) is 18.4 Å². The van der Waals surface area contributed by atoms with Crippen LogP contribution in [0.3, 0.4) is 0 Å². The summed E-state index contributed by atoms with van der Waals surface area (Å²) in [5.41, 5.74) is -0.240. The minimum absolute atomic E-state index is 0.00941. The average molecular weight is 391 g/mol. The van der Waals surface area contributed by atoms with Crippen molar-refractivity contribution in [2.24, 2.45) is 0 Å². The number of ketones is 1. The van der Waals surface area contributed by atoms with Gasteiger partial charge in [-0.1, -0.05) is 0 Å². The molecule has 1 unspecified atom stereocenters. The SMILES string of the molecule is O=C1C=CN(c2ccc(N3CC(COc4ccon4)OC3=O)c(F)c2F)CC1. The highest BCUT2D eigenvalue weighted by molar-refractivity contribution is 5.92. The van der Waals surface area contributed by atoms with Crippen molar-refractivity contribution >= 4 is 23.3 Å². The van der Waals surface area contributed by atoms with Crippen molar-refractivity contribution < 1.29 is 32.4 Å². The number of halogens is 2. The fourth-order valence-electron chi connectivity index (χ4n) is 2.98. The first-order valence-corrected chi connectivity index (χ1v) is 8.50. The highest BCUT2D eigenvalue weighted by atomic mass is 19.2. The third-order valence-electron chi connectivity index (χ3n) is 4.39. The molecule has 0 radical (unpaired) electrons. The van der Waals surface area contributed by atoms with Crippen molar-refractivity contribution in [3.8, 4) is 5.88 Å². The number of anilines is 2. The lowest BCUT2D eigenvalue weighted by atomic mass is 10.1. The summed E-state index contributed by atoms with van der Waals surface area (Å²) in [5.74, 6) is -2.12. The number of rotatable bonds is 5. The second kappa shape index (κ2) is 7.29. The Hall–Kier alpha value is -3.43. The number of amides is 1. The summed E-state index contributed by atoms with van der Waals surface area (Å²) in [7, 11) is 0. The molecule has 1 aromatic carbocycles. The number of allylic oxidation sites excluding steroid dienone is 1. The van der Waals surface area contributed by atoms with E-state index in [0.717, 1.165) is 4.90 Å². The average Bonchev–Trinajstić information content (AvgIpc) is 3.33. The standard InChI is InChI=1S/C18H15F2N3O5/c19-16-13(22-6-3-11(24)4-7-22)1-2-14(17(16)20)23-9-12(28-18(23)25)10-26-15-5-8-27-21-15/h1-3,5-6,8,12H,4,7,9-10H2. The Kier molecular flexibility index (Phi) is 4.68. The van der Waals surface area contributed by atoms with Crippen LogP contribution in [0.25, 0.3) is 0 Å². The van der Waals surface area contributed by atoms with E-state index in [0.29, 0.717) is 0 Å². The third-order valence-corrected chi connectivity index (χ3v) is 4.39. The van der Waals surface area contributed by atoms with Crippen molar-refractivity contribution in [2.45, 2.75) is 12.5 Å². The highest BCUT2D eigenvalue weighted by Gasteiger charge is 2.35. The summed E-state index contributed by atoms with van der Waals surface area (Å²) >= 11 is 0. The van der Waals surface area contributed by atoms with Crippen LogP contribution >= 0.6 is 0 Å². The van der Waals surface area contributed by atoms with Gasteiger partial charge in [-0.05, 0) is 23.4 Å². The van der Waals surface area contributed by atoms with Crippen LogP contribution in [-0.2, 0) is 9.53 Å². The Bertz CT molecular complexity index is 932. The van der Waals surface area contributed by atoms with Crippen molar-refractivity contribution in [2.75, 3.05) is 29.5 Å². The van der Waals surface area contributed by atoms with E-state index in [4.69, 9.17) is 9.47 Å². The first-order chi connectivity index (χ1) is 13.5. The summed E-state index contributed by atoms with van der Waals surface area (Å²) in [4.78, 5) is 25.8. The number of carbonyl (C=O) groups is 2. The molecule has 0 spiro atoms. The number of hydrogen-bond donors (Lipinski definition) is 0. The second-order valence-electron chi connectivity index (χ2n) is 6.22. The molecule has 3 heterocycles. The molecule has 10 heteroatoms. The van der Waals surface area contributed by atoms with Crippen LogP contribution < -0.4 is 14.5 Å². The quantitative estimate of drug-likeness (QED) is 0.775. The van der Waals surface area contributed by atoms with Gasteiger partial charge in [-0.15, -0.1) is 0 Å². The number of aromatic nitrogens is 1. The molecule has 0 aliphatic carbocycles. The Morgan fingerprint density at radius 2 is 1.96 bits per heavy atom. The molecular weight excluding hydrogens is 376 g/mol. The van der Waals surface area contributed by atoms with E-state index in [1.807, 2.05) is 0 Å². The monoisotopic (exact) mass is 391 g/mol. The van der Waals surface area contributed by atoms with E-state index in [1.165, 1.54) is 41.6 Å². The van der Waals surface area contributed by atoms with Crippen LogP contribution in [0, 0.1) is 11.6 Å². The smallest absolute Gasteiger partial charge is 0.414 e. The van der Waals surface area contributed by atoms with Crippen LogP contribution in [0.15, 0.2) is 41.3 Å². The molecule has 1 atom stereocenters. The molecule has 2 aliphatic rings. The molecular formula is C18H15F2N3O5. The zero-order valence-corrected chi connectivity index (χ0v) is 14.5. The molecule has 28 heavy (non-hydrogen) atoms. The van der Waals surface area contributed by atoms with Crippen molar-refractivity contribution in [3.63, 3.8) is 0 Å². The molecule has 0 N–H and O–H groups in total. The van der Waals surface area contributed by atoms with Gasteiger partial charge in [0, 0.05) is 25.2 Å². The number of benzene rings is 1. The molecule has 146 valence electrons. The van der Waals surface area contributed by atoms with E-state index >= 15 is 0 Å². The van der Waals surface area contributed by atoms with Crippen LogP contribution in [0.2, 0.25) is 0 Å². The van der Waals surface area contributed by atoms with Gasteiger partial charge in [0.2, 0.25) is 0 Å². The summed E-state index contributed by atoms with van der Waals surface area (Å²) in [6.45, 7) is 0.228. The van der Waals surface area contributed by atoms with Crippen LogP contribution in [0.4, 0.5) is 25.0 Å². The predicted molar refractivity (Wildman–Crippen MR) is 92.1 cm³/mol. The number of cyclic esters (lactones) is 1. The molecule has 1 fully saturated rings. The van der Waals surface area contributed by atoms with Gasteiger partial charge in [0.05, 0.1) is 17.9 Å². The molecule has 0 saturated carbocycles. The van der Waals surface area contributed by atoms with E-state index in [2.05, 4.69) is 9.68 Å². The maximum atomic E-state index is 14.7. The predicted octanol–water partition coefficient (Wildman–Crippen LogP) is 2.65. The van der Waals surface area contributed by atoms with Gasteiger partial charge >= 0.3 is 6.09 Å². The molecule has 1 saturated heterocycles.